The largest absolute Gasteiger partial charge is 0.497 e. The van der Waals surface area contributed by atoms with Crippen molar-refractivity contribution in [2.75, 3.05) is 13.7 Å². The molecule has 0 unspecified atom stereocenters. The Bertz CT molecular complexity index is 917. The van der Waals surface area contributed by atoms with Gasteiger partial charge in [0.15, 0.2) is 0 Å². The quantitative estimate of drug-likeness (QED) is 0.608. The Labute approximate surface area is 157 Å². The highest BCUT2D eigenvalue weighted by molar-refractivity contribution is 7.16. The molecular formula is C19H24N4O2S. The van der Waals surface area contributed by atoms with Gasteiger partial charge in [-0.3, -0.25) is 9.69 Å². The van der Waals surface area contributed by atoms with Gasteiger partial charge in [-0.2, -0.15) is 9.61 Å². The zero-order valence-corrected chi connectivity index (χ0v) is 16.3. The third-order valence-corrected chi connectivity index (χ3v) is 5.17. The lowest BCUT2D eigenvalue weighted by Crippen LogP contribution is -2.25. The van der Waals surface area contributed by atoms with E-state index in [4.69, 9.17) is 4.74 Å². The van der Waals surface area contributed by atoms with Crippen LogP contribution in [0.25, 0.3) is 4.96 Å². The Morgan fingerprint density at radius 3 is 2.62 bits per heavy atom. The minimum Gasteiger partial charge on any atom is -0.497 e. The number of hydrogen-bond donors (Lipinski definition) is 0. The zero-order chi connectivity index (χ0) is 18.5. The van der Waals surface area contributed by atoms with Gasteiger partial charge in [0.1, 0.15) is 10.8 Å². The summed E-state index contributed by atoms with van der Waals surface area (Å²) in [5.41, 5.74) is 1.88. The van der Waals surface area contributed by atoms with Crippen molar-refractivity contribution in [2.24, 2.45) is 0 Å². The van der Waals surface area contributed by atoms with Crippen LogP contribution in [0.4, 0.5) is 0 Å². The molecule has 0 fully saturated rings. The normalized spacial score (nSPS) is 11.4. The van der Waals surface area contributed by atoms with E-state index in [1.807, 2.05) is 12.1 Å². The topological polar surface area (TPSA) is 59.7 Å². The van der Waals surface area contributed by atoms with Crippen LogP contribution in [0, 0.1) is 0 Å². The molecule has 0 aliphatic rings. The molecule has 2 heterocycles. The minimum atomic E-state index is -0.107. The summed E-state index contributed by atoms with van der Waals surface area (Å²) in [6.07, 6.45) is 1.88. The van der Waals surface area contributed by atoms with E-state index in [0.717, 1.165) is 42.4 Å². The van der Waals surface area contributed by atoms with E-state index in [-0.39, 0.29) is 5.56 Å². The number of ether oxygens (including phenoxy) is 1. The number of fused-ring (bicyclic) bond motifs is 1. The molecule has 0 N–H and O–H groups in total. The number of aryl methyl sites for hydroxylation is 1. The van der Waals surface area contributed by atoms with Crippen LogP contribution in [-0.2, 0) is 19.5 Å². The molecule has 0 saturated carbocycles. The summed E-state index contributed by atoms with van der Waals surface area (Å²) in [7, 11) is 1.67. The highest BCUT2D eigenvalue weighted by atomic mass is 32.1. The fourth-order valence-electron chi connectivity index (χ4n) is 2.79. The summed E-state index contributed by atoms with van der Waals surface area (Å²) in [4.78, 5) is 19.9. The number of aromatic nitrogens is 3. The summed E-state index contributed by atoms with van der Waals surface area (Å²) in [5.74, 6) is 0.852. The molecule has 0 atom stereocenters. The van der Waals surface area contributed by atoms with E-state index in [0.29, 0.717) is 11.5 Å². The SMILES string of the molecule is CCCc1nn2c(=O)cc(CN(CC)Cc3ccc(OC)cc3)nc2s1. The summed E-state index contributed by atoms with van der Waals surface area (Å²) in [6, 6.07) is 9.65. The predicted molar refractivity (Wildman–Crippen MR) is 104 cm³/mol. The molecule has 0 bridgehead atoms. The number of hydrogen-bond acceptors (Lipinski definition) is 6. The van der Waals surface area contributed by atoms with Crippen LogP contribution in [0.3, 0.4) is 0 Å². The maximum Gasteiger partial charge on any atom is 0.275 e. The average molecular weight is 372 g/mol. The van der Waals surface area contributed by atoms with Crippen molar-refractivity contribution in [2.45, 2.75) is 39.8 Å². The fourth-order valence-corrected chi connectivity index (χ4v) is 3.81. The van der Waals surface area contributed by atoms with Gasteiger partial charge in [0.25, 0.3) is 5.56 Å². The van der Waals surface area contributed by atoms with Crippen LogP contribution in [0.5, 0.6) is 5.75 Å². The van der Waals surface area contributed by atoms with Gasteiger partial charge in [0.05, 0.1) is 12.8 Å². The third kappa shape index (κ3) is 4.28. The second-order valence-corrected chi connectivity index (χ2v) is 7.22. The Morgan fingerprint density at radius 2 is 1.96 bits per heavy atom. The maximum absolute atomic E-state index is 12.4. The molecule has 0 aliphatic carbocycles. The van der Waals surface area contributed by atoms with Crippen molar-refractivity contribution in [1.29, 1.82) is 0 Å². The van der Waals surface area contributed by atoms with Gasteiger partial charge in [-0.1, -0.05) is 37.3 Å². The van der Waals surface area contributed by atoms with Crippen LogP contribution in [-0.4, -0.2) is 33.2 Å². The van der Waals surface area contributed by atoms with Gasteiger partial charge >= 0.3 is 0 Å². The highest BCUT2D eigenvalue weighted by Gasteiger charge is 2.11. The van der Waals surface area contributed by atoms with Crippen molar-refractivity contribution in [3.63, 3.8) is 0 Å². The molecule has 6 nitrogen and oxygen atoms in total. The van der Waals surface area contributed by atoms with Crippen molar-refractivity contribution in [3.8, 4) is 5.75 Å². The van der Waals surface area contributed by atoms with Crippen LogP contribution in [0.1, 0.15) is 36.5 Å². The first-order chi connectivity index (χ1) is 12.6. The standard InChI is InChI=1S/C19H24N4O2S/c1-4-6-17-21-23-18(24)11-15(20-19(23)26-17)13-22(5-2)12-14-7-9-16(25-3)10-8-14/h7-11H,4-6,12-13H2,1-3H3. The molecule has 26 heavy (non-hydrogen) atoms. The molecule has 3 aromatic rings. The van der Waals surface area contributed by atoms with Crippen LogP contribution in [0.2, 0.25) is 0 Å². The first-order valence-corrected chi connectivity index (χ1v) is 9.68. The first-order valence-electron chi connectivity index (χ1n) is 8.87. The number of benzene rings is 1. The molecule has 0 amide bonds. The molecule has 1 aromatic carbocycles. The number of rotatable bonds is 8. The minimum absolute atomic E-state index is 0.107. The van der Waals surface area contributed by atoms with Gasteiger partial charge in [-0.05, 0) is 30.7 Å². The van der Waals surface area contributed by atoms with E-state index >= 15 is 0 Å². The third-order valence-electron chi connectivity index (χ3n) is 4.20. The summed E-state index contributed by atoms with van der Waals surface area (Å²) < 4.78 is 6.62. The second kappa shape index (κ2) is 8.42. The summed E-state index contributed by atoms with van der Waals surface area (Å²) in [5, 5.41) is 5.32. The maximum atomic E-state index is 12.4. The van der Waals surface area contributed by atoms with Crippen LogP contribution >= 0.6 is 11.3 Å². The van der Waals surface area contributed by atoms with E-state index in [1.54, 1.807) is 13.2 Å². The Kier molecular flexibility index (Phi) is 6.00. The zero-order valence-electron chi connectivity index (χ0n) is 15.4. The van der Waals surface area contributed by atoms with E-state index < -0.39 is 0 Å². The van der Waals surface area contributed by atoms with E-state index in [2.05, 4.69) is 41.0 Å². The average Bonchev–Trinajstić information content (AvgIpc) is 3.05. The van der Waals surface area contributed by atoms with Crippen molar-refractivity contribution in [3.05, 3.63) is 57.0 Å². The van der Waals surface area contributed by atoms with Crippen LogP contribution < -0.4 is 10.3 Å². The summed E-state index contributed by atoms with van der Waals surface area (Å²) in [6.45, 7) is 6.52. The molecule has 0 saturated heterocycles. The van der Waals surface area contributed by atoms with Gasteiger partial charge in [-0.25, -0.2) is 4.98 Å². The molecule has 0 radical (unpaired) electrons. The monoisotopic (exact) mass is 372 g/mol. The van der Waals surface area contributed by atoms with Gasteiger partial charge in [-0.15, -0.1) is 0 Å². The number of nitrogens with zero attached hydrogens (tertiary/aromatic N) is 4. The molecule has 0 aliphatic heterocycles. The lowest BCUT2D eigenvalue weighted by molar-refractivity contribution is 0.268. The Balaban J connectivity index is 1.77. The molecule has 7 heteroatoms. The Morgan fingerprint density at radius 1 is 1.19 bits per heavy atom. The van der Waals surface area contributed by atoms with Crippen LogP contribution in [0.15, 0.2) is 35.1 Å². The first kappa shape index (κ1) is 18.5. The van der Waals surface area contributed by atoms with Crippen molar-refractivity contribution >= 4 is 16.3 Å². The van der Waals surface area contributed by atoms with Crippen molar-refractivity contribution in [1.82, 2.24) is 19.5 Å². The Hall–Kier alpha value is -2.25. The van der Waals surface area contributed by atoms with E-state index in [9.17, 15) is 4.79 Å². The molecule has 138 valence electrons. The number of methoxy groups -OCH3 is 1. The lowest BCUT2D eigenvalue weighted by Gasteiger charge is -2.20. The molecule has 2 aromatic heterocycles. The highest BCUT2D eigenvalue weighted by Crippen LogP contribution is 2.16. The predicted octanol–water partition coefficient (Wildman–Crippen LogP) is 3.13. The van der Waals surface area contributed by atoms with Gasteiger partial charge in [0, 0.05) is 25.6 Å². The second-order valence-electron chi connectivity index (χ2n) is 6.18. The fraction of sp³-hybridized carbons (Fsp3) is 0.421. The smallest absolute Gasteiger partial charge is 0.275 e. The molecular weight excluding hydrogens is 348 g/mol. The van der Waals surface area contributed by atoms with Gasteiger partial charge in [0.2, 0.25) is 4.96 Å². The van der Waals surface area contributed by atoms with Crippen molar-refractivity contribution < 1.29 is 4.74 Å². The lowest BCUT2D eigenvalue weighted by atomic mass is 10.2. The van der Waals surface area contributed by atoms with E-state index in [1.165, 1.54) is 21.4 Å². The molecule has 3 rings (SSSR count). The molecule has 0 spiro atoms. The van der Waals surface area contributed by atoms with Gasteiger partial charge < -0.3 is 4.74 Å². The summed E-state index contributed by atoms with van der Waals surface area (Å²) >= 11 is 1.50.